The molecule has 0 aliphatic carbocycles. The first-order valence-corrected chi connectivity index (χ1v) is 11.1. The van der Waals surface area contributed by atoms with Crippen LogP contribution in [0.25, 0.3) is 0 Å². The zero-order valence-corrected chi connectivity index (χ0v) is 19.9. The number of carbonyl (C=O) groups excluding carboxylic acids is 1. The minimum atomic E-state index is -0.329. The summed E-state index contributed by atoms with van der Waals surface area (Å²) in [5.41, 5.74) is 5.61. The maximum Gasteiger partial charge on any atom is 0.291 e. The summed E-state index contributed by atoms with van der Waals surface area (Å²) in [5.74, 6) is 1.24. The largest absolute Gasteiger partial charge is 0.486 e. The Morgan fingerprint density at radius 1 is 1.03 bits per heavy atom. The van der Waals surface area contributed by atoms with Crippen molar-refractivity contribution in [2.45, 2.75) is 40.8 Å². The van der Waals surface area contributed by atoms with Crippen LogP contribution in [0.1, 0.15) is 44.4 Å². The summed E-state index contributed by atoms with van der Waals surface area (Å²) >= 11 is 5.97. The highest BCUT2D eigenvalue weighted by molar-refractivity contribution is 6.30. The van der Waals surface area contributed by atoms with Crippen LogP contribution in [0, 0.1) is 27.7 Å². The van der Waals surface area contributed by atoms with Gasteiger partial charge in [-0.25, -0.2) is 0 Å². The first-order valence-electron chi connectivity index (χ1n) is 10.7. The van der Waals surface area contributed by atoms with Crippen LogP contribution in [-0.4, -0.2) is 15.7 Å². The van der Waals surface area contributed by atoms with E-state index >= 15 is 0 Å². The van der Waals surface area contributed by atoms with Gasteiger partial charge in [0, 0.05) is 5.02 Å². The summed E-state index contributed by atoms with van der Waals surface area (Å²) in [4.78, 5) is 12.8. The highest BCUT2D eigenvalue weighted by Gasteiger charge is 2.18. The number of rotatable bonds is 7. The van der Waals surface area contributed by atoms with Gasteiger partial charge in [0.2, 0.25) is 0 Å². The molecule has 0 unspecified atom stereocenters. The third-order valence-electron chi connectivity index (χ3n) is 5.33. The lowest BCUT2D eigenvalue weighted by molar-refractivity contribution is 0.0992. The van der Waals surface area contributed by atoms with Crippen LogP contribution >= 0.6 is 11.6 Å². The van der Waals surface area contributed by atoms with Gasteiger partial charge in [0.1, 0.15) is 18.1 Å². The van der Waals surface area contributed by atoms with E-state index in [2.05, 4.69) is 16.5 Å². The van der Waals surface area contributed by atoms with E-state index in [4.69, 9.17) is 20.8 Å². The van der Waals surface area contributed by atoms with Crippen LogP contribution in [0.2, 0.25) is 5.02 Å². The summed E-state index contributed by atoms with van der Waals surface area (Å²) in [6, 6.07) is 17.0. The average molecular weight is 464 g/mol. The molecule has 0 spiro atoms. The second kappa shape index (κ2) is 9.55. The number of hydrogen-bond acceptors (Lipinski definition) is 4. The number of nitrogens with zero attached hydrogens (tertiary/aromatic N) is 2. The summed E-state index contributed by atoms with van der Waals surface area (Å²) in [7, 11) is 0. The Morgan fingerprint density at radius 3 is 2.42 bits per heavy atom. The molecule has 1 amide bonds. The maximum atomic E-state index is 12.8. The highest BCUT2D eigenvalue weighted by atomic mass is 35.5. The molecule has 0 saturated carbocycles. The van der Waals surface area contributed by atoms with E-state index in [0.29, 0.717) is 23.0 Å². The van der Waals surface area contributed by atoms with E-state index in [1.807, 2.05) is 68.8 Å². The van der Waals surface area contributed by atoms with Crippen LogP contribution < -0.4 is 10.1 Å². The minimum absolute atomic E-state index is 0.221. The van der Waals surface area contributed by atoms with Gasteiger partial charge in [0.25, 0.3) is 5.91 Å². The number of anilines is 1. The van der Waals surface area contributed by atoms with Crippen LogP contribution in [0.15, 0.2) is 59.0 Å². The van der Waals surface area contributed by atoms with Gasteiger partial charge in [-0.2, -0.15) is 5.10 Å². The Kier molecular flexibility index (Phi) is 6.56. The molecule has 33 heavy (non-hydrogen) atoms. The summed E-state index contributed by atoms with van der Waals surface area (Å²) in [5, 5.41) is 8.20. The van der Waals surface area contributed by atoms with Gasteiger partial charge in [-0.3, -0.25) is 9.48 Å². The van der Waals surface area contributed by atoms with Gasteiger partial charge in [0.05, 0.1) is 23.6 Å². The van der Waals surface area contributed by atoms with Crippen molar-refractivity contribution in [3.8, 4) is 5.75 Å². The molecule has 2 aromatic carbocycles. The lowest BCUT2D eigenvalue weighted by atomic mass is 10.1. The fourth-order valence-corrected chi connectivity index (χ4v) is 3.84. The smallest absolute Gasteiger partial charge is 0.291 e. The zero-order chi connectivity index (χ0) is 23.5. The lowest BCUT2D eigenvalue weighted by Crippen LogP contribution is -2.12. The monoisotopic (exact) mass is 463 g/mol. The molecule has 0 saturated heterocycles. The first kappa shape index (κ1) is 22.7. The van der Waals surface area contributed by atoms with Gasteiger partial charge in [-0.05, 0) is 80.8 Å². The van der Waals surface area contributed by atoms with E-state index in [-0.39, 0.29) is 18.3 Å². The zero-order valence-electron chi connectivity index (χ0n) is 19.1. The number of ether oxygens (including phenoxy) is 1. The SMILES string of the molecule is Cc1cc(C)cc(OCc2ccc(C(=O)Nc3c(C)nn(Cc4ccc(Cl)cc4)c3C)o2)c1. The molecule has 2 aromatic heterocycles. The molecule has 6 nitrogen and oxygen atoms in total. The number of benzene rings is 2. The second-order valence-electron chi connectivity index (χ2n) is 8.16. The van der Waals surface area contributed by atoms with Gasteiger partial charge in [0.15, 0.2) is 5.76 Å². The van der Waals surface area contributed by atoms with E-state index in [1.165, 1.54) is 0 Å². The normalized spacial score (nSPS) is 10.9. The molecule has 0 fully saturated rings. The van der Waals surface area contributed by atoms with Crippen molar-refractivity contribution in [2.75, 3.05) is 5.32 Å². The number of nitrogens with one attached hydrogen (secondary N) is 1. The number of carbonyl (C=O) groups is 1. The Balaban J connectivity index is 1.41. The number of aryl methyl sites for hydroxylation is 3. The van der Waals surface area contributed by atoms with Gasteiger partial charge >= 0.3 is 0 Å². The molecule has 7 heteroatoms. The van der Waals surface area contributed by atoms with Crippen molar-refractivity contribution in [1.29, 1.82) is 0 Å². The van der Waals surface area contributed by atoms with E-state index in [9.17, 15) is 4.79 Å². The second-order valence-corrected chi connectivity index (χ2v) is 8.60. The van der Waals surface area contributed by atoms with Crippen molar-refractivity contribution in [2.24, 2.45) is 0 Å². The molecule has 4 aromatic rings. The number of amides is 1. The van der Waals surface area contributed by atoms with Crippen molar-refractivity contribution < 1.29 is 13.9 Å². The molecule has 0 atom stereocenters. The van der Waals surface area contributed by atoms with Crippen molar-refractivity contribution >= 4 is 23.2 Å². The molecular formula is C26H26ClN3O3. The summed E-state index contributed by atoms with van der Waals surface area (Å²) in [6.07, 6.45) is 0. The maximum absolute atomic E-state index is 12.8. The molecule has 0 aliphatic heterocycles. The van der Waals surface area contributed by atoms with Gasteiger partial charge in [-0.15, -0.1) is 0 Å². The topological polar surface area (TPSA) is 69.3 Å². The molecule has 0 bridgehead atoms. The number of halogens is 1. The molecule has 4 rings (SSSR count). The predicted octanol–water partition coefficient (Wildman–Crippen LogP) is 6.24. The summed E-state index contributed by atoms with van der Waals surface area (Å²) < 4.78 is 13.4. The quantitative estimate of drug-likeness (QED) is 0.352. The average Bonchev–Trinajstić information content (AvgIpc) is 3.34. The fraction of sp³-hybridized carbons (Fsp3) is 0.231. The molecule has 0 radical (unpaired) electrons. The van der Waals surface area contributed by atoms with Crippen molar-refractivity contribution in [3.63, 3.8) is 0 Å². The minimum Gasteiger partial charge on any atom is -0.486 e. The Labute approximate surface area is 198 Å². The molecule has 170 valence electrons. The third-order valence-corrected chi connectivity index (χ3v) is 5.58. The van der Waals surface area contributed by atoms with Crippen LogP contribution in [0.4, 0.5) is 5.69 Å². The number of hydrogen-bond donors (Lipinski definition) is 1. The Bertz CT molecular complexity index is 1270. The van der Waals surface area contributed by atoms with Crippen molar-refractivity contribution in [1.82, 2.24) is 9.78 Å². The number of aromatic nitrogens is 2. The van der Waals surface area contributed by atoms with Crippen LogP contribution in [0.5, 0.6) is 5.75 Å². The van der Waals surface area contributed by atoms with Crippen LogP contribution in [-0.2, 0) is 13.2 Å². The predicted molar refractivity (Wildman–Crippen MR) is 129 cm³/mol. The highest BCUT2D eigenvalue weighted by Crippen LogP contribution is 2.23. The molecule has 0 aliphatic rings. The summed E-state index contributed by atoms with van der Waals surface area (Å²) in [6.45, 7) is 8.67. The van der Waals surface area contributed by atoms with Crippen molar-refractivity contribution in [3.05, 3.63) is 99.2 Å². The number of furan rings is 1. The van der Waals surface area contributed by atoms with Gasteiger partial charge in [-0.1, -0.05) is 29.8 Å². The lowest BCUT2D eigenvalue weighted by Gasteiger charge is -2.07. The molecular weight excluding hydrogens is 438 g/mol. The van der Waals surface area contributed by atoms with Crippen LogP contribution in [0.3, 0.4) is 0 Å². The first-order chi connectivity index (χ1) is 15.8. The Hall–Kier alpha value is -3.51. The van der Waals surface area contributed by atoms with E-state index < -0.39 is 0 Å². The third kappa shape index (κ3) is 5.46. The molecule has 2 heterocycles. The fourth-order valence-electron chi connectivity index (χ4n) is 3.72. The van der Waals surface area contributed by atoms with E-state index in [0.717, 1.165) is 33.8 Å². The van der Waals surface area contributed by atoms with Gasteiger partial charge < -0.3 is 14.5 Å². The molecule has 1 N–H and O–H groups in total. The Morgan fingerprint density at radius 2 is 1.73 bits per heavy atom. The van der Waals surface area contributed by atoms with E-state index in [1.54, 1.807) is 12.1 Å². The standard InChI is InChI=1S/C26H26ClN3O3/c1-16-11-17(2)13-23(12-16)32-15-22-9-10-24(33-22)26(31)28-25-18(3)29-30(19(25)4)14-20-5-7-21(27)8-6-20/h5-13H,14-15H2,1-4H3,(H,28,31).